The predicted molar refractivity (Wildman–Crippen MR) is 90.3 cm³/mol. The van der Waals surface area contributed by atoms with Crippen molar-refractivity contribution in [3.63, 3.8) is 0 Å². The lowest BCUT2D eigenvalue weighted by Gasteiger charge is -2.08. The van der Waals surface area contributed by atoms with Crippen molar-refractivity contribution >= 4 is 11.7 Å². The first kappa shape index (κ1) is 15.0. The van der Waals surface area contributed by atoms with Crippen molar-refractivity contribution in [2.24, 2.45) is 7.05 Å². The number of carbonyl (C=O) groups is 1. The molecule has 116 valence electrons. The van der Waals surface area contributed by atoms with Crippen LogP contribution in [0.25, 0.3) is 11.3 Å². The van der Waals surface area contributed by atoms with Crippen LogP contribution < -0.4 is 5.32 Å². The second-order valence-electron chi connectivity index (χ2n) is 5.52. The summed E-state index contributed by atoms with van der Waals surface area (Å²) in [6.45, 7) is 3.89. The van der Waals surface area contributed by atoms with Crippen LogP contribution in [-0.2, 0) is 7.05 Å². The topological polar surface area (TPSA) is 59.8 Å². The molecule has 0 saturated carbocycles. The highest BCUT2D eigenvalue weighted by Crippen LogP contribution is 2.20. The number of aromatic nitrogens is 3. The van der Waals surface area contributed by atoms with Crippen LogP contribution in [0.5, 0.6) is 0 Å². The highest BCUT2D eigenvalue weighted by molar-refractivity contribution is 6.04. The van der Waals surface area contributed by atoms with Crippen molar-refractivity contribution in [1.82, 2.24) is 14.8 Å². The summed E-state index contributed by atoms with van der Waals surface area (Å²) in [5, 5.41) is 6.92. The van der Waals surface area contributed by atoms with E-state index in [1.807, 2.05) is 44.2 Å². The van der Waals surface area contributed by atoms with Gasteiger partial charge in [-0.15, -0.1) is 0 Å². The molecule has 0 atom stereocenters. The molecule has 2 aromatic heterocycles. The van der Waals surface area contributed by atoms with E-state index in [4.69, 9.17) is 0 Å². The van der Waals surface area contributed by atoms with Crippen molar-refractivity contribution in [1.29, 1.82) is 0 Å². The quantitative estimate of drug-likeness (QED) is 0.807. The summed E-state index contributed by atoms with van der Waals surface area (Å²) in [6, 6.07) is 13.6. The zero-order chi connectivity index (χ0) is 16.4. The van der Waals surface area contributed by atoms with E-state index >= 15 is 0 Å². The fourth-order valence-corrected chi connectivity index (χ4v) is 2.35. The number of anilines is 1. The average molecular weight is 306 g/mol. The molecule has 2 heterocycles. The third kappa shape index (κ3) is 3.29. The van der Waals surface area contributed by atoms with E-state index in [0.29, 0.717) is 17.1 Å². The Morgan fingerprint density at radius 3 is 2.39 bits per heavy atom. The average Bonchev–Trinajstić information content (AvgIpc) is 2.92. The summed E-state index contributed by atoms with van der Waals surface area (Å²) in [4.78, 5) is 16.9. The molecular weight excluding hydrogens is 288 g/mol. The molecule has 3 aromatic rings. The normalized spacial score (nSPS) is 10.6. The number of rotatable bonds is 3. The maximum atomic E-state index is 12.3. The van der Waals surface area contributed by atoms with E-state index in [1.54, 1.807) is 30.1 Å². The zero-order valence-electron chi connectivity index (χ0n) is 13.4. The highest BCUT2D eigenvalue weighted by Gasteiger charge is 2.12. The van der Waals surface area contributed by atoms with E-state index in [0.717, 1.165) is 11.3 Å². The first-order valence-corrected chi connectivity index (χ1v) is 7.38. The lowest BCUT2D eigenvalue weighted by Crippen LogP contribution is -2.14. The first-order chi connectivity index (χ1) is 11.0. The Kier molecular flexibility index (Phi) is 3.93. The van der Waals surface area contributed by atoms with Crippen molar-refractivity contribution in [2.75, 3.05) is 5.32 Å². The second kappa shape index (κ2) is 6.04. The molecule has 5 nitrogen and oxygen atoms in total. The summed E-state index contributed by atoms with van der Waals surface area (Å²) < 4.78 is 1.64. The van der Waals surface area contributed by atoms with Crippen LogP contribution in [-0.4, -0.2) is 20.7 Å². The van der Waals surface area contributed by atoms with Gasteiger partial charge >= 0.3 is 0 Å². The Morgan fingerprint density at radius 2 is 1.78 bits per heavy atom. The monoisotopic (exact) mass is 306 g/mol. The van der Waals surface area contributed by atoms with Gasteiger partial charge in [-0.3, -0.25) is 14.5 Å². The number of nitrogens with one attached hydrogen (secondary N) is 1. The van der Waals surface area contributed by atoms with Gasteiger partial charge in [0.25, 0.3) is 5.91 Å². The third-order valence-electron chi connectivity index (χ3n) is 3.63. The predicted octanol–water partition coefficient (Wildman–Crippen LogP) is 3.35. The van der Waals surface area contributed by atoms with Gasteiger partial charge in [-0.2, -0.15) is 5.10 Å². The van der Waals surface area contributed by atoms with Crippen LogP contribution in [0.15, 0.2) is 48.7 Å². The SMILES string of the molecule is Cc1ccc(-c2ccc(C(=O)Nc3ccn(C)n3)c(C)n2)cc1. The number of hydrogen-bond donors (Lipinski definition) is 1. The molecule has 1 amide bonds. The van der Waals surface area contributed by atoms with Crippen molar-refractivity contribution in [3.8, 4) is 11.3 Å². The summed E-state index contributed by atoms with van der Waals surface area (Å²) in [7, 11) is 1.80. The Bertz CT molecular complexity index is 850. The standard InChI is InChI=1S/C18H18N4O/c1-12-4-6-14(7-5-12)16-9-8-15(13(2)19-16)18(23)20-17-10-11-22(3)21-17/h4-11H,1-3H3,(H,20,21,23). The minimum Gasteiger partial charge on any atom is -0.305 e. The lowest BCUT2D eigenvalue weighted by atomic mass is 10.1. The van der Waals surface area contributed by atoms with Crippen LogP contribution in [0.3, 0.4) is 0 Å². The van der Waals surface area contributed by atoms with Crippen LogP contribution in [0, 0.1) is 13.8 Å². The first-order valence-electron chi connectivity index (χ1n) is 7.38. The molecule has 0 fully saturated rings. The highest BCUT2D eigenvalue weighted by atomic mass is 16.1. The number of nitrogens with zero attached hydrogens (tertiary/aromatic N) is 3. The number of benzene rings is 1. The maximum absolute atomic E-state index is 12.3. The maximum Gasteiger partial charge on any atom is 0.258 e. The summed E-state index contributed by atoms with van der Waals surface area (Å²) in [5.41, 5.74) is 4.34. The van der Waals surface area contributed by atoms with E-state index in [-0.39, 0.29) is 5.91 Å². The van der Waals surface area contributed by atoms with Gasteiger partial charge in [0.05, 0.1) is 17.0 Å². The van der Waals surface area contributed by atoms with Crippen LogP contribution in [0.2, 0.25) is 0 Å². The van der Waals surface area contributed by atoms with Gasteiger partial charge in [0, 0.05) is 24.9 Å². The van der Waals surface area contributed by atoms with Crippen LogP contribution >= 0.6 is 0 Å². The van der Waals surface area contributed by atoms with Crippen LogP contribution in [0.4, 0.5) is 5.82 Å². The molecule has 0 aliphatic heterocycles. The van der Waals surface area contributed by atoms with Gasteiger partial charge < -0.3 is 5.32 Å². The van der Waals surface area contributed by atoms with Crippen molar-refractivity contribution in [2.45, 2.75) is 13.8 Å². The van der Waals surface area contributed by atoms with Crippen LogP contribution in [0.1, 0.15) is 21.6 Å². The van der Waals surface area contributed by atoms with Gasteiger partial charge in [-0.25, -0.2) is 0 Å². The Balaban J connectivity index is 1.84. The number of hydrogen-bond acceptors (Lipinski definition) is 3. The zero-order valence-corrected chi connectivity index (χ0v) is 13.4. The molecule has 0 unspecified atom stereocenters. The second-order valence-corrected chi connectivity index (χ2v) is 5.52. The van der Waals surface area contributed by atoms with Gasteiger partial charge in [0.2, 0.25) is 0 Å². The van der Waals surface area contributed by atoms with Gasteiger partial charge in [0.15, 0.2) is 5.82 Å². The van der Waals surface area contributed by atoms with Crippen molar-refractivity contribution in [3.05, 3.63) is 65.5 Å². The minimum atomic E-state index is -0.204. The van der Waals surface area contributed by atoms with E-state index < -0.39 is 0 Å². The van der Waals surface area contributed by atoms with Gasteiger partial charge in [-0.05, 0) is 26.0 Å². The fraction of sp³-hybridized carbons (Fsp3) is 0.167. The Hall–Kier alpha value is -2.95. The number of pyridine rings is 1. The van der Waals surface area contributed by atoms with E-state index in [9.17, 15) is 4.79 Å². The summed E-state index contributed by atoms with van der Waals surface area (Å²) >= 11 is 0. The third-order valence-corrected chi connectivity index (χ3v) is 3.63. The Morgan fingerprint density at radius 1 is 1.04 bits per heavy atom. The molecular formula is C18H18N4O. The molecule has 0 radical (unpaired) electrons. The molecule has 0 aliphatic rings. The molecule has 3 rings (SSSR count). The number of carbonyl (C=O) groups excluding carboxylic acids is 1. The molecule has 23 heavy (non-hydrogen) atoms. The molecule has 0 bridgehead atoms. The molecule has 0 aliphatic carbocycles. The smallest absolute Gasteiger partial charge is 0.258 e. The molecule has 5 heteroatoms. The molecule has 0 saturated heterocycles. The van der Waals surface area contributed by atoms with E-state index in [2.05, 4.69) is 15.4 Å². The Labute approximate surface area is 135 Å². The number of amides is 1. The summed E-state index contributed by atoms with van der Waals surface area (Å²) in [6.07, 6.45) is 1.78. The number of aryl methyl sites for hydroxylation is 3. The largest absolute Gasteiger partial charge is 0.305 e. The van der Waals surface area contributed by atoms with Gasteiger partial charge in [0.1, 0.15) is 0 Å². The minimum absolute atomic E-state index is 0.204. The summed E-state index contributed by atoms with van der Waals surface area (Å²) in [5.74, 6) is 0.323. The van der Waals surface area contributed by atoms with E-state index in [1.165, 1.54) is 5.56 Å². The van der Waals surface area contributed by atoms with Crippen molar-refractivity contribution < 1.29 is 4.79 Å². The lowest BCUT2D eigenvalue weighted by molar-refractivity contribution is 0.102. The molecule has 0 spiro atoms. The fourth-order valence-electron chi connectivity index (χ4n) is 2.35. The molecule has 1 aromatic carbocycles. The molecule has 1 N–H and O–H groups in total. The van der Waals surface area contributed by atoms with Gasteiger partial charge in [-0.1, -0.05) is 29.8 Å².